The molecule has 1 fully saturated rings. The van der Waals surface area contributed by atoms with Gasteiger partial charge in [0.25, 0.3) is 11.8 Å². The zero-order valence-electron chi connectivity index (χ0n) is 55.1. The van der Waals surface area contributed by atoms with Crippen LogP contribution < -0.4 is 49.2 Å². The van der Waals surface area contributed by atoms with Gasteiger partial charge in [-0.3, -0.25) is 29.0 Å². The number of unbranched alkanes of at least 4 members (excludes halogenated alkanes) is 2. The van der Waals surface area contributed by atoms with Gasteiger partial charge in [-0.25, -0.2) is 19.2 Å². The zero-order valence-corrected chi connectivity index (χ0v) is 56.0. The fourth-order valence-electron chi connectivity index (χ4n) is 11.9. The number of benzene rings is 3. The van der Waals surface area contributed by atoms with Crippen molar-refractivity contribution >= 4 is 75.2 Å². The monoisotopic (exact) mass is 1340 g/mol. The molecule has 6 N–H and O–H groups in total. The molecule has 0 unspecified atom stereocenters. The Labute approximate surface area is 554 Å². The molecule has 3 aromatic carbocycles. The number of nitrogens with one attached hydrogen (secondary N) is 5. The number of ether oxygens (including phenoxy) is 8. The summed E-state index contributed by atoms with van der Waals surface area (Å²) >= 11 is 0. The number of aliphatic imine (C=N–C) groups is 1. The Morgan fingerprint density at radius 2 is 1.41 bits per heavy atom. The number of nitrogens with zero attached hydrogens (tertiary/aromatic N) is 4. The van der Waals surface area contributed by atoms with Gasteiger partial charge in [-0.2, -0.15) is 13.1 Å². The lowest BCUT2D eigenvalue weighted by atomic mass is 10.0. The minimum Gasteiger partial charge on any atom is -0.493 e. The molecule has 8 atom stereocenters. The Hall–Kier alpha value is -8.57. The first-order chi connectivity index (χ1) is 45.5. The van der Waals surface area contributed by atoms with Gasteiger partial charge < -0.3 is 68.8 Å². The van der Waals surface area contributed by atoms with Gasteiger partial charge in [-0.05, 0) is 119 Å². The fourth-order valence-corrected chi connectivity index (χ4v) is 12.6. The predicted octanol–water partition coefficient (Wildman–Crippen LogP) is 7.57. The van der Waals surface area contributed by atoms with Gasteiger partial charge in [0.05, 0.1) is 88.4 Å². The first-order valence-corrected chi connectivity index (χ1v) is 33.6. The Bertz CT molecular complexity index is 3490. The van der Waals surface area contributed by atoms with Crippen molar-refractivity contribution in [2.24, 2.45) is 28.7 Å². The van der Waals surface area contributed by atoms with Gasteiger partial charge in [-0.15, -0.1) is 6.58 Å². The summed E-state index contributed by atoms with van der Waals surface area (Å²) in [7, 11) is -1.25. The van der Waals surface area contributed by atoms with Crippen LogP contribution in [0.5, 0.6) is 23.0 Å². The van der Waals surface area contributed by atoms with Crippen LogP contribution in [0, 0.1) is 23.7 Å². The van der Waals surface area contributed by atoms with Gasteiger partial charge in [0.15, 0.2) is 29.2 Å². The number of amides is 7. The van der Waals surface area contributed by atoms with E-state index < -0.39 is 77.0 Å². The number of rotatable bonds is 35. The largest absolute Gasteiger partial charge is 0.493 e. The minimum absolute atomic E-state index is 0.00378. The molecule has 0 bridgehead atoms. The molecular weight excluding hydrogens is 1250 g/mol. The van der Waals surface area contributed by atoms with Crippen LogP contribution >= 0.6 is 0 Å². The van der Waals surface area contributed by atoms with E-state index in [1.807, 2.05) is 30.8 Å². The number of hydrogen-bond acceptors (Lipinski definition) is 19. The molecular formula is C67H89N9O18S. The van der Waals surface area contributed by atoms with Crippen molar-refractivity contribution in [3.63, 3.8) is 0 Å². The molecule has 95 heavy (non-hydrogen) atoms. The molecule has 28 heteroatoms. The Kier molecular flexibility index (Phi) is 25.6. The smallest absolute Gasteiger partial charge is 0.421 e. The Balaban J connectivity index is 0.755. The lowest BCUT2D eigenvalue weighted by Crippen LogP contribution is -2.54. The number of anilines is 2. The highest BCUT2D eigenvalue weighted by Gasteiger charge is 2.49. The van der Waals surface area contributed by atoms with Crippen molar-refractivity contribution in [2.45, 2.75) is 136 Å². The number of allylic oxidation sites excluding steroid dienone is 1. The van der Waals surface area contributed by atoms with Crippen molar-refractivity contribution in [3.05, 3.63) is 101 Å². The molecule has 8 rings (SSSR count). The summed E-state index contributed by atoms with van der Waals surface area (Å²) in [6.07, 6.45) is 10.4. The van der Waals surface area contributed by atoms with Crippen molar-refractivity contribution in [1.29, 1.82) is 0 Å². The van der Waals surface area contributed by atoms with Gasteiger partial charge in [-0.1, -0.05) is 63.0 Å². The molecule has 0 aromatic heterocycles. The SMILES string of the molecule is C=CCC[C@H]1[C@@H](CCC)[C@H]1COC(=O)NS(=O)(=O)NCCOCCOCC(=O)N[C@H](C(=O)N[C@@H](C)C(=O)Nc1ccc(COC(=O)N2c3cc(OCCCCCOc4cc5c(cc4OC)C(=O)N4C=C(C)C[C@H]4C=N5)c(OC)cc3C(=O)N3C=C(C)C[C@H]3[C@@H]2O)cc1)C(C)C. The van der Waals surface area contributed by atoms with E-state index in [-0.39, 0.29) is 92.7 Å². The van der Waals surface area contributed by atoms with Crippen LogP contribution in [-0.4, -0.2) is 169 Å². The molecule has 4 heterocycles. The third-order valence-electron chi connectivity index (χ3n) is 16.9. The third kappa shape index (κ3) is 19.1. The van der Waals surface area contributed by atoms with E-state index in [2.05, 4.69) is 39.2 Å². The normalized spacial score (nSPS) is 19.9. The zero-order chi connectivity index (χ0) is 68.5. The summed E-state index contributed by atoms with van der Waals surface area (Å²) in [6, 6.07) is 9.68. The molecule has 4 aliphatic heterocycles. The maximum atomic E-state index is 14.2. The van der Waals surface area contributed by atoms with E-state index in [0.29, 0.717) is 78.1 Å². The van der Waals surface area contributed by atoms with E-state index in [4.69, 9.17) is 37.9 Å². The lowest BCUT2D eigenvalue weighted by molar-refractivity contribution is -0.133. The summed E-state index contributed by atoms with van der Waals surface area (Å²) in [5.74, 6) is -0.384. The first-order valence-electron chi connectivity index (χ1n) is 32.1. The summed E-state index contributed by atoms with van der Waals surface area (Å²) in [5.41, 5.74) is 3.84. The molecule has 0 radical (unpaired) electrons. The third-order valence-corrected chi connectivity index (χ3v) is 18.0. The van der Waals surface area contributed by atoms with E-state index in [1.165, 1.54) is 38.2 Å². The van der Waals surface area contributed by atoms with Crippen LogP contribution in [0.1, 0.15) is 126 Å². The van der Waals surface area contributed by atoms with Gasteiger partial charge >= 0.3 is 22.4 Å². The average molecular weight is 1340 g/mol. The highest BCUT2D eigenvalue weighted by molar-refractivity contribution is 7.88. The topological polar surface area (TPSA) is 330 Å². The number of methoxy groups -OCH3 is 2. The molecule has 1 aliphatic carbocycles. The van der Waals surface area contributed by atoms with E-state index in [9.17, 15) is 47.1 Å². The quantitative estimate of drug-likeness (QED) is 0.0244. The number of fused-ring (bicyclic) bond motifs is 4. The van der Waals surface area contributed by atoms with E-state index >= 15 is 0 Å². The maximum Gasteiger partial charge on any atom is 0.421 e. The van der Waals surface area contributed by atoms with Crippen molar-refractivity contribution in [1.82, 2.24) is 29.9 Å². The second kappa shape index (κ2) is 33.7. The molecule has 1 saturated carbocycles. The minimum atomic E-state index is -4.20. The average Bonchev–Trinajstić information content (AvgIpc) is 1.65. The van der Waals surface area contributed by atoms with Crippen LogP contribution in [0.4, 0.5) is 26.7 Å². The van der Waals surface area contributed by atoms with Gasteiger partial charge in [0.1, 0.15) is 25.3 Å². The molecule has 5 aliphatic rings. The highest BCUT2D eigenvalue weighted by Crippen LogP contribution is 2.52. The highest BCUT2D eigenvalue weighted by atomic mass is 32.2. The van der Waals surface area contributed by atoms with E-state index in [0.717, 1.165) is 48.2 Å². The van der Waals surface area contributed by atoms with Crippen molar-refractivity contribution < 1.29 is 85.0 Å². The number of carbonyl (C=O) groups is 7. The summed E-state index contributed by atoms with van der Waals surface area (Å²) in [5, 5.41) is 19.9. The molecule has 0 spiro atoms. The van der Waals surface area contributed by atoms with Crippen LogP contribution in [0.25, 0.3) is 0 Å². The molecule has 7 amide bonds. The second-order valence-corrected chi connectivity index (χ2v) is 25.9. The standard InChI is InChI=1S/C67H89N9O18S/c1-10-12-17-48-47(16-11-2)51(48)38-93-66(83)73-95(85,86)69-22-25-89-26-27-90-39-59(77)72-60(40(3)4)62(79)70-43(7)61(78)71-45-20-18-44(19-21-45)37-94-67(84)76-53-33-58(56(88-9)31-50(53)64(81)75-36-42(6)29-54(75)65(76)82)92-24-15-13-14-23-91-57-32-52-49(30-55(57)87-8)63(80)74-35-41(5)28-46(74)34-68-52/h10,18-21,30-36,40,43,46-48,51,54,60,65,69,82H,1,11-17,22-29,37-39H2,2-9H3,(H,70,79)(H,71,78)(H,72,77)(H,73,83)/t43-,46-,47+,48-,51+,54-,60-,65-/m0/s1. The number of carbonyl (C=O) groups excluding carboxylic acids is 7. The van der Waals surface area contributed by atoms with Crippen molar-refractivity contribution in [3.8, 4) is 23.0 Å². The van der Waals surface area contributed by atoms with Crippen LogP contribution in [0.3, 0.4) is 0 Å². The molecule has 0 saturated heterocycles. The number of aliphatic hydroxyl groups is 1. The first kappa shape index (κ1) is 72.3. The van der Waals surface area contributed by atoms with Gasteiger partial charge in [0.2, 0.25) is 17.7 Å². The Morgan fingerprint density at radius 1 is 0.758 bits per heavy atom. The summed E-state index contributed by atoms with van der Waals surface area (Å²) < 4.78 is 74.2. The molecule has 3 aromatic rings. The molecule has 27 nitrogen and oxygen atoms in total. The van der Waals surface area contributed by atoms with Crippen LogP contribution in [-0.2, 0) is 50.1 Å². The predicted molar refractivity (Wildman–Crippen MR) is 352 cm³/mol. The Morgan fingerprint density at radius 3 is 2.09 bits per heavy atom. The summed E-state index contributed by atoms with van der Waals surface area (Å²) in [4.78, 5) is 102. The summed E-state index contributed by atoms with van der Waals surface area (Å²) in [6.45, 7) is 14.3. The van der Waals surface area contributed by atoms with Gasteiger partial charge in [0, 0.05) is 43.0 Å². The number of aliphatic hydroxyl groups excluding tert-OH is 1. The van der Waals surface area contributed by atoms with Crippen LogP contribution in [0.15, 0.2) is 89.7 Å². The molecule has 516 valence electrons. The van der Waals surface area contributed by atoms with Crippen molar-refractivity contribution in [2.75, 3.05) is 77.2 Å². The lowest BCUT2D eigenvalue weighted by Gasteiger charge is -2.31. The fraction of sp³-hybridized carbons (Fsp3) is 0.522. The van der Waals surface area contributed by atoms with E-state index in [1.54, 1.807) is 67.6 Å². The number of hydrogen-bond donors (Lipinski definition) is 6. The second-order valence-electron chi connectivity index (χ2n) is 24.4. The van der Waals surface area contributed by atoms with Crippen LogP contribution in [0.2, 0.25) is 0 Å². The maximum absolute atomic E-state index is 14.2.